The number of hydrogen-bond donors (Lipinski definition) is 12. The number of H-pyrrole nitrogens is 2. The Kier molecular flexibility index (Phi) is 15.8. The van der Waals surface area contributed by atoms with Crippen LogP contribution in [0.25, 0.3) is 33.5 Å². The molecule has 7 unspecified atom stereocenters. The maximum absolute atomic E-state index is 13.7. The number of hydrogen-bond acceptors (Lipinski definition) is 29. The van der Waals surface area contributed by atoms with Crippen molar-refractivity contribution in [1.82, 2.24) is 53.6 Å². The summed E-state index contributed by atoms with van der Waals surface area (Å²) in [6, 6.07) is 0. The number of imidazole rings is 3. The van der Waals surface area contributed by atoms with Gasteiger partial charge in [-0.05, 0) is 0 Å². The Balaban J connectivity index is 0.872. The molecule has 3 saturated heterocycles. The fourth-order valence-electron chi connectivity index (χ4n) is 8.73. The average molecular weight is 1170 g/mol. The molecule has 0 aliphatic carbocycles. The molecule has 3 aliphatic rings. The predicted molar refractivity (Wildman–Crippen MR) is 249 cm³/mol. The summed E-state index contributed by atoms with van der Waals surface area (Å²) < 4.78 is 116. The van der Waals surface area contributed by atoms with Gasteiger partial charge in [-0.3, -0.25) is 51.4 Å². The van der Waals surface area contributed by atoms with Crippen molar-refractivity contribution in [3.63, 3.8) is 0 Å². The van der Waals surface area contributed by atoms with Gasteiger partial charge in [-0.2, -0.15) is 13.6 Å². The van der Waals surface area contributed by atoms with Gasteiger partial charge in [-0.1, -0.05) is 4.98 Å². The normalized spacial score (nSPS) is 30.0. The molecule has 39 nitrogen and oxygen atoms in total. The van der Waals surface area contributed by atoms with Crippen LogP contribution in [-0.2, 0) is 75.7 Å². The van der Waals surface area contributed by atoms with Crippen LogP contribution in [0.2, 0.25) is 0 Å². The van der Waals surface area contributed by atoms with E-state index in [0.717, 1.165) is 31.4 Å². The third kappa shape index (κ3) is 11.4. The van der Waals surface area contributed by atoms with E-state index < -0.39 is 136 Å². The van der Waals surface area contributed by atoms with Gasteiger partial charge >= 0.3 is 36.9 Å². The van der Waals surface area contributed by atoms with Crippen LogP contribution in [0.5, 0.6) is 0 Å². The van der Waals surface area contributed by atoms with Crippen molar-refractivity contribution in [1.29, 1.82) is 0 Å². The van der Waals surface area contributed by atoms with Crippen molar-refractivity contribution in [2.24, 2.45) is 7.05 Å². The first-order valence-corrected chi connectivity index (χ1v) is 28.0. The highest BCUT2D eigenvalue weighted by molar-refractivity contribution is 7.66. The van der Waals surface area contributed by atoms with Crippen molar-refractivity contribution in [3.8, 4) is 0 Å². The van der Waals surface area contributed by atoms with Gasteiger partial charge in [0.2, 0.25) is 17.7 Å². The van der Waals surface area contributed by atoms with Crippen molar-refractivity contribution in [2.45, 2.75) is 73.6 Å². The fourth-order valence-corrected chi connectivity index (χ4v) is 13.2. The molecule has 9 rings (SSSR count). The van der Waals surface area contributed by atoms with Crippen molar-refractivity contribution in [2.75, 3.05) is 57.9 Å². The number of fused-ring (bicyclic) bond motifs is 3. The molecule has 16 atom stereocenters. The van der Waals surface area contributed by atoms with E-state index in [9.17, 15) is 62.7 Å². The first-order valence-electron chi connectivity index (χ1n) is 22.0. The molecule has 6 aromatic heterocycles. The summed E-state index contributed by atoms with van der Waals surface area (Å²) in [5.74, 6) is -0.328. The van der Waals surface area contributed by atoms with E-state index in [1.165, 1.54) is 33.4 Å². The number of phosphoric acid groups is 4. The highest BCUT2D eigenvalue weighted by Crippen LogP contribution is 2.68. The van der Waals surface area contributed by atoms with Gasteiger partial charge in [0.05, 0.1) is 39.5 Å². The first-order chi connectivity index (χ1) is 36.2. The van der Waals surface area contributed by atoms with E-state index in [1.807, 2.05) is 0 Å². The lowest BCUT2D eigenvalue weighted by molar-refractivity contribution is -0.745. The summed E-state index contributed by atoms with van der Waals surface area (Å²) in [7, 11) is -18.1. The standard InChI is InChI=1S/C34H47N15O24P4/c1-37-24-15-25(39-8-38-24)47(9-40-15)32-23(64-4)22(71-74(55,56)65-5-12-18(50)19(51)30(68-12)48-10-41-16-26(48)42-33(35)44-28(16)53)14(70-32)7-67-76(59,60)73-77(61,62)72-75(57,58)66-6-13-21(63-3)20(52)31(69-13)49-11-46(2)17-27(49)43-34(36)45-29(17)54/h8-14,18-23,30-32,50-52H,5-7H2,1-4H3,(H10-,35,36,37,38,39,42,43,44,45,53,54,55,56,57,58,59,60,61,62)/p+1/t12-,13-,14-,18?,19+,20?,21+,22?,23+,30-,31-,32-/m1/s1. The molecule has 0 saturated carbocycles. The number of rotatable bonds is 21. The summed E-state index contributed by atoms with van der Waals surface area (Å²) in [5.41, 5.74) is 9.96. The highest BCUT2D eigenvalue weighted by atomic mass is 31.3. The van der Waals surface area contributed by atoms with Crippen molar-refractivity contribution >= 4 is 82.5 Å². The molecule has 43 heteroatoms. The number of nitrogen functional groups attached to an aromatic ring is 2. The monoisotopic (exact) mass is 1170 g/mol. The lowest BCUT2D eigenvalue weighted by Crippen LogP contribution is -2.46. The van der Waals surface area contributed by atoms with E-state index in [4.69, 9.17) is 53.2 Å². The van der Waals surface area contributed by atoms with Crippen molar-refractivity contribution < 1.29 is 108 Å². The number of nitrogens with two attached hydrogens (primary N) is 2. The summed E-state index contributed by atoms with van der Waals surface area (Å²) in [5, 5.41) is 35.7. The zero-order chi connectivity index (χ0) is 55.7. The van der Waals surface area contributed by atoms with Gasteiger partial charge in [0.15, 0.2) is 41.4 Å². The summed E-state index contributed by atoms with van der Waals surface area (Å²) in [6.45, 7) is -3.22. The van der Waals surface area contributed by atoms with Crippen LogP contribution in [0.1, 0.15) is 18.7 Å². The second-order valence-corrected chi connectivity index (χ2v) is 22.9. The molecule has 6 aromatic rings. The van der Waals surface area contributed by atoms with Crippen LogP contribution in [0, 0.1) is 0 Å². The third-order valence-corrected chi connectivity index (χ3v) is 17.2. The molecular weight excluding hydrogens is 1130 g/mol. The summed E-state index contributed by atoms with van der Waals surface area (Å²) in [6.07, 6.45) is -14.2. The Morgan fingerprint density at radius 1 is 0.688 bits per heavy atom. The number of aliphatic hydroxyl groups excluding tert-OH is 3. The van der Waals surface area contributed by atoms with E-state index in [-0.39, 0.29) is 51.2 Å². The molecule has 14 N–H and O–H groups in total. The number of ether oxygens (including phenoxy) is 5. The number of anilines is 3. The minimum Gasteiger partial charge on any atom is -0.387 e. The lowest BCUT2D eigenvalue weighted by Gasteiger charge is -2.26. The Labute approximate surface area is 428 Å². The largest absolute Gasteiger partial charge is 0.490 e. The molecule has 0 amide bonds. The van der Waals surface area contributed by atoms with E-state index in [0.29, 0.717) is 0 Å². The minimum atomic E-state index is -6.18. The Bertz CT molecular complexity index is 3510. The van der Waals surface area contributed by atoms with Crippen LogP contribution >= 0.6 is 31.3 Å². The maximum Gasteiger partial charge on any atom is 0.490 e. The number of nitrogens with one attached hydrogen (secondary N) is 3. The Morgan fingerprint density at radius 3 is 1.91 bits per heavy atom. The lowest BCUT2D eigenvalue weighted by atomic mass is 10.1. The molecule has 0 bridgehead atoms. The summed E-state index contributed by atoms with van der Waals surface area (Å²) >= 11 is 0. The number of aliphatic hydroxyl groups is 3. The highest BCUT2D eigenvalue weighted by Gasteiger charge is 2.54. The molecule has 0 radical (unpaired) electrons. The number of aromatic nitrogens is 12. The van der Waals surface area contributed by atoms with Gasteiger partial charge in [-0.15, -0.1) is 0 Å². The zero-order valence-electron chi connectivity index (χ0n) is 39.8. The smallest absolute Gasteiger partial charge is 0.387 e. The molecule has 77 heavy (non-hydrogen) atoms. The van der Waals surface area contributed by atoms with Crippen LogP contribution in [0.4, 0.5) is 17.7 Å². The first kappa shape index (κ1) is 56.6. The number of aryl methyl sites for hydroxylation is 1. The number of aromatic amines is 2. The van der Waals surface area contributed by atoms with Crippen molar-refractivity contribution in [3.05, 3.63) is 46.0 Å². The second kappa shape index (κ2) is 21.5. The van der Waals surface area contributed by atoms with E-state index in [2.05, 4.69) is 53.8 Å². The van der Waals surface area contributed by atoms with Gasteiger partial charge in [0.25, 0.3) is 17.1 Å². The van der Waals surface area contributed by atoms with Gasteiger partial charge in [-0.25, -0.2) is 42.8 Å². The number of phosphoric ester groups is 3. The van der Waals surface area contributed by atoms with E-state index >= 15 is 0 Å². The molecule has 0 spiro atoms. The van der Waals surface area contributed by atoms with Crippen LogP contribution in [-0.4, -0.2) is 184 Å². The van der Waals surface area contributed by atoms with Gasteiger partial charge < -0.3 is 75.4 Å². The topological polar surface area (TPSA) is 537 Å². The quantitative estimate of drug-likeness (QED) is 0.0245. The Morgan fingerprint density at radius 2 is 1.26 bits per heavy atom. The zero-order valence-corrected chi connectivity index (χ0v) is 43.4. The molecular formula is C34H48N15O24P4+. The summed E-state index contributed by atoms with van der Waals surface area (Å²) in [4.78, 5) is 96.7. The number of methoxy groups -OCH3 is 2. The predicted octanol–water partition coefficient (Wildman–Crippen LogP) is -3.60. The van der Waals surface area contributed by atoms with E-state index in [1.54, 1.807) is 7.05 Å². The average Bonchev–Trinajstić information content (AvgIpc) is 4.21. The van der Waals surface area contributed by atoms with Gasteiger partial charge in [0.1, 0.15) is 66.8 Å². The third-order valence-electron chi connectivity index (χ3n) is 12.0. The SMILES string of the molecule is CNc1ncnc2c1ncn2[C@@H]1O[C@H](COP(=O)(O)OP(=O)(O)OP(=O)(O)OC[C@H]2O[C@@H]([n+]3cn(C)c4c(=O)[nH]c(N)nc43)C(O)[C@H]2OC)C(OP(=O)(O)OC[C@H]2O[C@@H](n3cnc4c(=O)[nH]c(N)nc43)[C@@H](O)C2O)[C@@H]1OC. The number of nitrogens with zero attached hydrogens (tertiary/aromatic N) is 10. The minimum absolute atomic E-state index is 0.0239. The van der Waals surface area contributed by atoms with Crippen LogP contribution < -0.4 is 32.5 Å². The molecule has 3 aliphatic heterocycles. The second-order valence-electron chi connectivity index (χ2n) is 16.9. The molecule has 422 valence electrons. The molecule has 3 fully saturated rings. The molecule has 0 aromatic carbocycles. The maximum atomic E-state index is 13.7. The van der Waals surface area contributed by atoms with Crippen LogP contribution in [0.3, 0.4) is 0 Å². The van der Waals surface area contributed by atoms with Gasteiger partial charge in [0, 0.05) is 21.3 Å². The van der Waals surface area contributed by atoms with Crippen LogP contribution in [0.15, 0.2) is 34.9 Å². The molecule has 9 heterocycles. The Hall–Kier alpha value is -5.15. The fraction of sp³-hybridized carbons (Fsp3) is 0.559.